The van der Waals surface area contributed by atoms with Crippen molar-refractivity contribution in [2.75, 3.05) is 13.1 Å². The molecule has 1 saturated carbocycles. The van der Waals surface area contributed by atoms with Crippen LogP contribution in [0.25, 0.3) is 0 Å². The molecule has 1 aliphatic carbocycles. The summed E-state index contributed by atoms with van der Waals surface area (Å²) >= 11 is 0. The number of ketones is 1. The molecule has 0 bridgehead atoms. The van der Waals surface area contributed by atoms with Crippen LogP contribution in [-0.4, -0.2) is 41.8 Å². The highest BCUT2D eigenvalue weighted by molar-refractivity contribution is 6.02. The third-order valence-corrected chi connectivity index (χ3v) is 5.48. The second-order valence-corrected chi connectivity index (χ2v) is 7.23. The number of piperidine rings is 1. The molecule has 4 rings (SSSR count). The molecule has 5 nitrogen and oxygen atoms in total. The van der Waals surface area contributed by atoms with Crippen molar-refractivity contribution in [3.63, 3.8) is 0 Å². The summed E-state index contributed by atoms with van der Waals surface area (Å²) in [6.45, 7) is 6.31. The van der Waals surface area contributed by atoms with Crippen molar-refractivity contribution in [3.8, 4) is 5.75 Å². The number of hydrogen-bond acceptors (Lipinski definition) is 4. The molecule has 2 fully saturated rings. The first-order chi connectivity index (χ1) is 12.1. The Balaban J connectivity index is 1.55. The van der Waals surface area contributed by atoms with Gasteiger partial charge in [-0.3, -0.25) is 9.59 Å². The zero-order chi connectivity index (χ0) is 17.4. The third-order valence-electron chi connectivity index (χ3n) is 5.48. The van der Waals surface area contributed by atoms with Crippen LogP contribution in [0.3, 0.4) is 0 Å². The van der Waals surface area contributed by atoms with E-state index in [-0.39, 0.29) is 23.8 Å². The zero-order valence-electron chi connectivity index (χ0n) is 14.4. The molecule has 0 spiro atoms. The number of fused-ring (bicyclic) bond motifs is 1. The summed E-state index contributed by atoms with van der Waals surface area (Å²) < 4.78 is 6.21. The van der Waals surface area contributed by atoms with Gasteiger partial charge in [-0.15, -0.1) is 0 Å². The minimum Gasteiger partial charge on any atom is -0.490 e. The lowest BCUT2D eigenvalue weighted by atomic mass is 9.90. The molecule has 2 heterocycles. The summed E-state index contributed by atoms with van der Waals surface area (Å²) in [6, 6.07) is 5.35. The van der Waals surface area contributed by atoms with Gasteiger partial charge in [-0.05, 0) is 50.9 Å². The van der Waals surface area contributed by atoms with E-state index >= 15 is 0 Å². The van der Waals surface area contributed by atoms with Crippen molar-refractivity contribution in [2.24, 2.45) is 0 Å². The largest absolute Gasteiger partial charge is 0.490 e. The van der Waals surface area contributed by atoms with Crippen molar-refractivity contribution in [1.29, 1.82) is 0 Å². The van der Waals surface area contributed by atoms with Crippen LogP contribution < -0.4 is 10.1 Å². The van der Waals surface area contributed by atoms with Crippen LogP contribution in [0, 0.1) is 0 Å². The number of hydrogen-bond donors (Lipinski definition) is 1. The number of Topliss-reactive ketones (excluding diaryl/α,β-unsaturated/α-hetero) is 1. The van der Waals surface area contributed by atoms with Gasteiger partial charge in [0.05, 0.1) is 12.6 Å². The first-order valence-corrected chi connectivity index (χ1v) is 9.13. The van der Waals surface area contributed by atoms with Gasteiger partial charge in [0.1, 0.15) is 11.9 Å². The van der Waals surface area contributed by atoms with Gasteiger partial charge in [0.15, 0.2) is 5.78 Å². The van der Waals surface area contributed by atoms with Crippen LogP contribution in [0.1, 0.15) is 48.0 Å². The van der Waals surface area contributed by atoms with Gasteiger partial charge in [-0.2, -0.15) is 0 Å². The Labute approximate surface area is 148 Å². The van der Waals surface area contributed by atoms with E-state index in [1.807, 2.05) is 18.2 Å². The van der Waals surface area contributed by atoms with Crippen LogP contribution in [0.5, 0.6) is 5.75 Å². The number of rotatable bonds is 3. The molecule has 0 aromatic heterocycles. The molecule has 1 saturated heterocycles. The van der Waals surface area contributed by atoms with Gasteiger partial charge >= 0.3 is 0 Å². The number of nitrogens with zero attached hydrogens (tertiary/aromatic N) is 1. The van der Waals surface area contributed by atoms with Crippen LogP contribution in [-0.2, 0) is 11.3 Å². The highest BCUT2D eigenvalue weighted by atomic mass is 16.5. The molecule has 3 aliphatic rings. The summed E-state index contributed by atoms with van der Waals surface area (Å²) in [6.07, 6.45) is 4.03. The van der Waals surface area contributed by atoms with E-state index in [0.717, 1.165) is 49.2 Å². The fourth-order valence-corrected chi connectivity index (χ4v) is 4.07. The van der Waals surface area contributed by atoms with E-state index in [9.17, 15) is 9.59 Å². The van der Waals surface area contributed by atoms with E-state index in [1.54, 1.807) is 4.90 Å². The number of ether oxygens (including phenoxy) is 1. The van der Waals surface area contributed by atoms with E-state index in [0.29, 0.717) is 24.9 Å². The average Bonchev–Trinajstić information content (AvgIpc) is 2.94. The molecule has 1 aromatic carbocycles. The average molecular weight is 340 g/mol. The molecule has 0 radical (unpaired) electrons. The van der Waals surface area contributed by atoms with Crippen LogP contribution >= 0.6 is 0 Å². The van der Waals surface area contributed by atoms with E-state index < -0.39 is 0 Å². The Morgan fingerprint density at radius 3 is 2.72 bits per heavy atom. The fraction of sp³-hybridized carbons (Fsp3) is 0.500. The molecule has 1 unspecified atom stereocenters. The van der Waals surface area contributed by atoms with Gasteiger partial charge in [0.2, 0.25) is 0 Å². The summed E-state index contributed by atoms with van der Waals surface area (Å²) in [4.78, 5) is 27.0. The molecule has 25 heavy (non-hydrogen) atoms. The highest BCUT2D eigenvalue weighted by Crippen LogP contribution is 2.35. The quantitative estimate of drug-likeness (QED) is 0.859. The summed E-state index contributed by atoms with van der Waals surface area (Å²) in [7, 11) is 0. The van der Waals surface area contributed by atoms with Gasteiger partial charge in [-0.25, -0.2) is 0 Å². The van der Waals surface area contributed by atoms with Crippen molar-refractivity contribution in [1.82, 2.24) is 10.2 Å². The Kier molecular flexibility index (Phi) is 4.34. The topological polar surface area (TPSA) is 58.6 Å². The fourth-order valence-electron chi connectivity index (χ4n) is 4.07. The second kappa shape index (κ2) is 6.64. The normalized spacial score (nSPS) is 24.6. The minimum absolute atomic E-state index is 0.0448. The van der Waals surface area contributed by atoms with Crippen LogP contribution in [0.4, 0.5) is 0 Å². The molecule has 1 aromatic rings. The maximum Gasteiger partial charge on any atom is 0.255 e. The summed E-state index contributed by atoms with van der Waals surface area (Å²) in [5.41, 5.74) is 2.59. The molecule has 1 N–H and O–H groups in total. The van der Waals surface area contributed by atoms with Crippen molar-refractivity contribution >= 4 is 11.7 Å². The van der Waals surface area contributed by atoms with Gasteiger partial charge < -0.3 is 15.0 Å². The summed E-state index contributed by atoms with van der Waals surface area (Å²) in [5, 5.41) is 3.33. The lowest BCUT2D eigenvalue weighted by molar-refractivity contribution is -0.124. The van der Waals surface area contributed by atoms with Crippen molar-refractivity contribution < 1.29 is 14.3 Å². The lowest BCUT2D eigenvalue weighted by Crippen LogP contribution is -2.43. The number of carbonyl (C=O) groups is 2. The first-order valence-electron chi connectivity index (χ1n) is 9.13. The number of nitrogens with one attached hydrogen (secondary N) is 1. The van der Waals surface area contributed by atoms with Gasteiger partial charge in [0, 0.05) is 17.5 Å². The second-order valence-electron chi connectivity index (χ2n) is 7.23. The zero-order valence-corrected chi connectivity index (χ0v) is 14.4. The van der Waals surface area contributed by atoms with E-state index in [2.05, 4.69) is 11.9 Å². The van der Waals surface area contributed by atoms with Crippen molar-refractivity contribution in [3.05, 3.63) is 41.5 Å². The van der Waals surface area contributed by atoms with Gasteiger partial charge in [0.25, 0.3) is 5.91 Å². The molecular formula is C20H24N2O3. The molecule has 1 atom stereocenters. The number of allylic oxidation sites excluding steroid dienone is 1. The number of amides is 1. The lowest BCUT2D eigenvalue weighted by Gasteiger charge is -2.30. The molecule has 132 valence electrons. The minimum atomic E-state index is -0.322. The monoisotopic (exact) mass is 340 g/mol. The van der Waals surface area contributed by atoms with Crippen LogP contribution in [0.15, 0.2) is 30.4 Å². The van der Waals surface area contributed by atoms with Crippen molar-refractivity contribution in [2.45, 2.75) is 50.8 Å². The number of benzene rings is 1. The predicted octanol–water partition coefficient (Wildman–Crippen LogP) is 2.45. The molecule has 5 heteroatoms. The van der Waals surface area contributed by atoms with E-state index in [1.165, 1.54) is 0 Å². The Morgan fingerprint density at radius 2 is 1.96 bits per heavy atom. The molecule has 1 amide bonds. The smallest absolute Gasteiger partial charge is 0.255 e. The standard InChI is InChI=1S/C20H24N2O3/c1-13-5-6-17(18(23)11-13)22-12-16-15(20(22)24)3-2-4-19(16)25-14-7-9-21-10-8-14/h2-4,14,17,21H,1,5-12H2. The third kappa shape index (κ3) is 3.09. The Morgan fingerprint density at radius 1 is 1.16 bits per heavy atom. The number of carbonyl (C=O) groups excluding carboxylic acids is 2. The van der Waals surface area contributed by atoms with Crippen LogP contribution in [0.2, 0.25) is 0 Å². The Hall–Kier alpha value is -2.14. The SMILES string of the molecule is C=C1CCC(N2Cc3c(OC4CCNCC4)cccc3C2=O)C(=O)C1. The first kappa shape index (κ1) is 16.3. The van der Waals surface area contributed by atoms with Gasteiger partial charge in [-0.1, -0.05) is 18.2 Å². The Bertz CT molecular complexity index is 722. The maximum absolute atomic E-state index is 12.9. The molecule has 2 aliphatic heterocycles. The highest BCUT2D eigenvalue weighted by Gasteiger charge is 2.39. The maximum atomic E-state index is 12.9. The predicted molar refractivity (Wildman–Crippen MR) is 94.6 cm³/mol. The van der Waals surface area contributed by atoms with E-state index in [4.69, 9.17) is 4.74 Å². The summed E-state index contributed by atoms with van der Waals surface area (Å²) in [5.74, 6) is 0.864. The molecular weight excluding hydrogens is 316 g/mol.